The van der Waals surface area contributed by atoms with Gasteiger partial charge < -0.3 is 10.0 Å². The van der Waals surface area contributed by atoms with E-state index in [0.29, 0.717) is 6.92 Å². The standard InChI is InChI=1S/C15H18F4N2O4S/c1-14(23,15(17,18)19)10-13(22)20-6-8-21(9-7-20)26(24,25)12-4-2-11(16)3-5-12/h2-5,23H,6-10H2,1H3/t14-/m1/s1. The average Bonchev–Trinajstić information content (AvgIpc) is 2.54. The third kappa shape index (κ3) is 4.33. The summed E-state index contributed by atoms with van der Waals surface area (Å²) in [5.74, 6) is -1.50. The Morgan fingerprint density at radius 3 is 2.08 bits per heavy atom. The van der Waals surface area contributed by atoms with Crippen LogP contribution in [0.5, 0.6) is 0 Å². The van der Waals surface area contributed by atoms with Gasteiger partial charge in [-0.2, -0.15) is 17.5 Å². The average molecular weight is 398 g/mol. The molecule has 1 N–H and O–H groups in total. The van der Waals surface area contributed by atoms with Gasteiger partial charge in [0.05, 0.1) is 11.3 Å². The molecule has 1 aromatic rings. The van der Waals surface area contributed by atoms with E-state index >= 15 is 0 Å². The van der Waals surface area contributed by atoms with E-state index in [2.05, 4.69) is 0 Å². The van der Waals surface area contributed by atoms with Gasteiger partial charge in [0.2, 0.25) is 15.9 Å². The quantitative estimate of drug-likeness (QED) is 0.777. The SMILES string of the molecule is C[C@@](O)(CC(=O)N1CCN(S(=O)(=O)c2ccc(F)cc2)CC1)C(F)(F)F. The second-order valence-corrected chi connectivity index (χ2v) is 8.13. The Morgan fingerprint density at radius 1 is 1.12 bits per heavy atom. The fourth-order valence-corrected chi connectivity index (χ4v) is 3.86. The van der Waals surface area contributed by atoms with Gasteiger partial charge in [-0.3, -0.25) is 4.79 Å². The molecule has 146 valence electrons. The predicted molar refractivity (Wildman–Crippen MR) is 83.0 cm³/mol. The third-order valence-corrected chi connectivity index (χ3v) is 6.06. The second kappa shape index (κ2) is 7.12. The van der Waals surface area contributed by atoms with E-state index in [-0.39, 0.29) is 31.1 Å². The first kappa shape index (κ1) is 20.6. The minimum atomic E-state index is -4.95. The zero-order valence-corrected chi connectivity index (χ0v) is 14.6. The summed E-state index contributed by atoms with van der Waals surface area (Å²) in [6, 6.07) is 4.24. The highest BCUT2D eigenvalue weighted by atomic mass is 32.2. The molecule has 1 aliphatic heterocycles. The van der Waals surface area contributed by atoms with E-state index in [1.165, 1.54) is 0 Å². The zero-order chi connectivity index (χ0) is 19.8. The normalized spacial score (nSPS) is 19.2. The molecular weight excluding hydrogens is 380 g/mol. The van der Waals surface area contributed by atoms with Crippen molar-refractivity contribution >= 4 is 15.9 Å². The number of hydrogen-bond donors (Lipinski definition) is 1. The van der Waals surface area contributed by atoms with Crippen molar-refractivity contribution in [3.05, 3.63) is 30.1 Å². The summed E-state index contributed by atoms with van der Waals surface area (Å²) < 4.78 is 76.9. The highest BCUT2D eigenvalue weighted by molar-refractivity contribution is 7.89. The molecule has 1 amide bonds. The van der Waals surface area contributed by atoms with Gasteiger partial charge >= 0.3 is 6.18 Å². The Labute approximate surface area is 148 Å². The number of halogens is 4. The molecule has 26 heavy (non-hydrogen) atoms. The van der Waals surface area contributed by atoms with Crippen molar-refractivity contribution in [1.82, 2.24) is 9.21 Å². The van der Waals surface area contributed by atoms with Crippen LogP contribution in [-0.4, -0.2) is 66.6 Å². The van der Waals surface area contributed by atoms with Gasteiger partial charge in [-0.15, -0.1) is 0 Å². The smallest absolute Gasteiger partial charge is 0.380 e. The summed E-state index contributed by atoms with van der Waals surface area (Å²) in [4.78, 5) is 12.9. The van der Waals surface area contributed by atoms with E-state index in [0.717, 1.165) is 33.5 Å². The number of nitrogens with zero attached hydrogens (tertiary/aromatic N) is 2. The van der Waals surface area contributed by atoms with E-state index in [4.69, 9.17) is 0 Å². The van der Waals surface area contributed by atoms with Gasteiger partial charge in [0.25, 0.3) is 0 Å². The number of aliphatic hydroxyl groups is 1. The van der Waals surface area contributed by atoms with Crippen LogP contribution in [0.4, 0.5) is 17.6 Å². The summed E-state index contributed by atoms with van der Waals surface area (Å²) in [6.07, 6.45) is -6.09. The van der Waals surface area contributed by atoms with Gasteiger partial charge in [-0.25, -0.2) is 12.8 Å². The maximum absolute atomic E-state index is 12.9. The van der Waals surface area contributed by atoms with Crippen LogP contribution in [0, 0.1) is 5.82 Å². The van der Waals surface area contributed by atoms with Gasteiger partial charge in [0, 0.05) is 26.2 Å². The molecular formula is C15H18F4N2O4S. The van der Waals surface area contributed by atoms with Crippen molar-refractivity contribution in [2.45, 2.75) is 30.0 Å². The van der Waals surface area contributed by atoms with E-state index in [1.54, 1.807) is 0 Å². The lowest BCUT2D eigenvalue weighted by Crippen LogP contribution is -2.53. The molecule has 0 unspecified atom stereocenters. The van der Waals surface area contributed by atoms with Crippen LogP contribution in [0.25, 0.3) is 0 Å². The highest BCUT2D eigenvalue weighted by Crippen LogP contribution is 2.33. The molecule has 0 radical (unpaired) electrons. The first-order chi connectivity index (χ1) is 11.8. The van der Waals surface area contributed by atoms with Gasteiger partial charge in [0.15, 0.2) is 5.60 Å². The molecule has 6 nitrogen and oxygen atoms in total. The van der Waals surface area contributed by atoms with Crippen molar-refractivity contribution in [1.29, 1.82) is 0 Å². The van der Waals surface area contributed by atoms with E-state index in [1.807, 2.05) is 0 Å². The van der Waals surface area contributed by atoms with Crippen LogP contribution in [0.2, 0.25) is 0 Å². The monoisotopic (exact) mass is 398 g/mol. The second-order valence-electron chi connectivity index (χ2n) is 6.19. The fraction of sp³-hybridized carbons (Fsp3) is 0.533. The number of alkyl halides is 3. The molecule has 1 aromatic carbocycles. The molecule has 11 heteroatoms. The Morgan fingerprint density at radius 2 is 1.62 bits per heavy atom. The number of carbonyl (C=O) groups excluding carboxylic acids is 1. The molecule has 2 rings (SSSR count). The van der Waals surface area contributed by atoms with Crippen LogP contribution in [0.15, 0.2) is 29.2 Å². The van der Waals surface area contributed by atoms with Crippen LogP contribution < -0.4 is 0 Å². The first-order valence-corrected chi connectivity index (χ1v) is 9.11. The van der Waals surface area contributed by atoms with Gasteiger partial charge in [-0.1, -0.05) is 0 Å². The molecule has 0 aliphatic carbocycles. The van der Waals surface area contributed by atoms with E-state index in [9.17, 15) is 35.9 Å². The zero-order valence-electron chi connectivity index (χ0n) is 13.8. The molecule has 0 spiro atoms. The molecule has 0 bridgehead atoms. The number of rotatable bonds is 4. The van der Waals surface area contributed by atoms with Crippen LogP contribution >= 0.6 is 0 Å². The number of carbonyl (C=O) groups is 1. The Kier molecular flexibility index (Phi) is 5.64. The van der Waals surface area contributed by atoms with Gasteiger partial charge in [-0.05, 0) is 31.2 Å². The molecule has 1 heterocycles. The van der Waals surface area contributed by atoms with Crippen LogP contribution in [0.1, 0.15) is 13.3 Å². The summed E-state index contributed by atoms with van der Waals surface area (Å²) in [6.45, 7) is 0.0831. The first-order valence-electron chi connectivity index (χ1n) is 7.67. The van der Waals surface area contributed by atoms with Crippen molar-refractivity contribution < 1.29 is 35.9 Å². The number of benzene rings is 1. The lowest BCUT2D eigenvalue weighted by atomic mass is 10.0. The lowest BCUT2D eigenvalue weighted by molar-refractivity contribution is -0.254. The number of piperazine rings is 1. The third-order valence-electron chi connectivity index (χ3n) is 4.15. The van der Waals surface area contributed by atoms with Crippen LogP contribution in [0.3, 0.4) is 0 Å². The molecule has 1 atom stereocenters. The minimum absolute atomic E-state index is 0.104. The fourth-order valence-electron chi connectivity index (χ4n) is 2.44. The Hall–Kier alpha value is -1.72. The summed E-state index contributed by atoms with van der Waals surface area (Å²) in [7, 11) is -3.89. The largest absolute Gasteiger partial charge is 0.417 e. The van der Waals surface area contributed by atoms with Gasteiger partial charge in [0.1, 0.15) is 5.82 Å². The molecule has 0 aromatic heterocycles. The summed E-state index contributed by atoms with van der Waals surface area (Å²) in [5, 5.41) is 9.39. The predicted octanol–water partition coefficient (Wildman–Crippen LogP) is 1.36. The number of hydrogen-bond acceptors (Lipinski definition) is 4. The summed E-state index contributed by atoms with van der Waals surface area (Å²) in [5.41, 5.74) is -3.15. The van der Waals surface area contributed by atoms with Crippen molar-refractivity contribution in [3.63, 3.8) is 0 Å². The van der Waals surface area contributed by atoms with E-state index < -0.39 is 39.9 Å². The topological polar surface area (TPSA) is 77.9 Å². The number of amides is 1. The Bertz CT molecular complexity index is 755. The Balaban J connectivity index is 2.00. The minimum Gasteiger partial charge on any atom is -0.380 e. The van der Waals surface area contributed by atoms with Crippen molar-refractivity contribution in [2.24, 2.45) is 0 Å². The summed E-state index contributed by atoms with van der Waals surface area (Å²) >= 11 is 0. The molecule has 0 saturated carbocycles. The maximum atomic E-state index is 12.9. The molecule has 1 fully saturated rings. The van der Waals surface area contributed by atoms with Crippen molar-refractivity contribution in [2.75, 3.05) is 26.2 Å². The highest BCUT2D eigenvalue weighted by Gasteiger charge is 2.51. The van der Waals surface area contributed by atoms with Crippen molar-refractivity contribution in [3.8, 4) is 0 Å². The van der Waals surface area contributed by atoms with Crippen LogP contribution in [-0.2, 0) is 14.8 Å². The lowest BCUT2D eigenvalue weighted by Gasteiger charge is -2.35. The molecule has 1 aliphatic rings. The maximum Gasteiger partial charge on any atom is 0.417 e. The molecule has 1 saturated heterocycles. The number of sulfonamides is 1.